The SMILES string of the molecule is Cc1ccc2c(c1)N(C)CCN2c1ncnc2sc(C(=O)BCC3CCNCC3)nc12. The Morgan fingerprint density at radius 3 is 2.90 bits per heavy atom. The van der Waals surface area contributed by atoms with E-state index in [1.165, 1.54) is 22.6 Å². The smallest absolute Gasteiger partial charge is 0.215 e. The molecule has 5 rings (SSSR count). The summed E-state index contributed by atoms with van der Waals surface area (Å²) < 4.78 is 0. The fraction of sp³-hybridized carbons (Fsp3) is 0.455. The van der Waals surface area contributed by atoms with Crippen LogP contribution in [-0.2, 0) is 0 Å². The van der Waals surface area contributed by atoms with Crippen LogP contribution in [0.3, 0.4) is 0 Å². The number of rotatable bonds is 5. The van der Waals surface area contributed by atoms with Gasteiger partial charge >= 0.3 is 0 Å². The Bertz CT molecular complexity index is 1110. The molecule has 0 aliphatic carbocycles. The molecule has 2 aliphatic rings. The number of likely N-dealkylation sites (N-methyl/N-ethyl adjacent to an activating group) is 1. The summed E-state index contributed by atoms with van der Waals surface area (Å²) in [5, 5.41) is 3.94. The number of carbonyl (C=O) groups excluding carboxylic acids is 1. The first-order chi connectivity index (χ1) is 15.1. The Balaban J connectivity index is 1.43. The van der Waals surface area contributed by atoms with Crippen LogP contribution in [0.15, 0.2) is 24.5 Å². The molecule has 2 aromatic heterocycles. The summed E-state index contributed by atoms with van der Waals surface area (Å²) in [6.07, 6.45) is 4.85. The Labute approximate surface area is 187 Å². The minimum atomic E-state index is 0.127. The summed E-state index contributed by atoms with van der Waals surface area (Å²) in [6, 6.07) is 6.47. The van der Waals surface area contributed by atoms with E-state index in [0.29, 0.717) is 18.2 Å². The van der Waals surface area contributed by atoms with Crippen molar-refractivity contribution in [3.05, 3.63) is 35.1 Å². The second kappa shape index (κ2) is 8.55. The normalized spacial score (nSPS) is 17.1. The van der Waals surface area contributed by atoms with Crippen molar-refractivity contribution < 1.29 is 4.79 Å². The van der Waals surface area contributed by atoms with E-state index in [1.54, 1.807) is 6.33 Å². The van der Waals surface area contributed by atoms with E-state index in [4.69, 9.17) is 4.98 Å². The van der Waals surface area contributed by atoms with Crippen molar-refractivity contribution >= 4 is 51.8 Å². The van der Waals surface area contributed by atoms with Crippen LogP contribution >= 0.6 is 11.3 Å². The van der Waals surface area contributed by atoms with E-state index in [2.05, 4.69) is 57.3 Å². The number of benzene rings is 1. The van der Waals surface area contributed by atoms with Gasteiger partial charge in [-0.25, -0.2) is 15.0 Å². The minimum Gasteiger partial charge on any atom is -0.371 e. The largest absolute Gasteiger partial charge is 0.371 e. The number of carbonyl (C=O) groups is 1. The molecular weight excluding hydrogens is 407 g/mol. The molecule has 9 heteroatoms. The second-order valence-corrected chi connectivity index (χ2v) is 9.57. The number of fused-ring (bicyclic) bond motifs is 2. The molecule has 31 heavy (non-hydrogen) atoms. The molecule has 0 bridgehead atoms. The topological polar surface area (TPSA) is 74.2 Å². The molecule has 4 heterocycles. The van der Waals surface area contributed by atoms with Crippen molar-refractivity contribution in [3.8, 4) is 0 Å². The third-order valence-corrected chi connectivity index (χ3v) is 7.41. The highest BCUT2D eigenvalue weighted by Gasteiger charge is 2.26. The van der Waals surface area contributed by atoms with Crippen LogP contribution in [0.4, 0.5) is 17.2 Å². The van der Waals surface area contributed by atoms with E-state index in [1.807, 2.05) is 0 Å². The number of hydrogen-bond donors (Lipinski definition) is 1. The first-order valence-corrected chi connectivity index (χ1v) is 11.9. The Kier molecular flexibility index (Phi) is 5.62. The molecule has 0 unspecified atom stereocenters. The van der Waals surface area contributed by atoms with Gasteiger partial charge in [-0.3, -0.25) is 0 Å². The van der Waals surface area contributed by atoms with Gasteiger partial charge in [0.15, 0.2) is 10.8 Å². The van der Waals surface area contributed by atoms with Crippen LogP contribution in [0.25, 0.3) is 10.3 Å². The molecule has 1 saturated heterocycles. The minimum absolute atomic E-state index is 0.127. The van der Waals surface area contributed by atoms with E-state index in [-0.39, 0.29) is 5.68 Å². The number of aromatic nitrogens is 3. The summed E-state index contributed by atoms with van der Waals surface area (Å²) in [5.41, 5.74) is 4.39. The maximum atomic E-state index is 12.9. The Morgan fingerprint density at radius 2 is 2.06 bits per heavy atom. The molecule has 0 radical (unpaired) electrons. The predicted molar refractivity (Wildman–Crippen MR) is 129 cm³/mol. The summed E-state index contributed by atoms with van der Waals surface area (Å²) in [5.74, 6) is 1.43. The van der Waals surface area contributed by atoms with E-state index < -0.39 is 0 Å². The monoisotopic (exact) mass is 434 g/mol. The molecule has 2 aliphatic heterocycles. The van der Waals surface area contributed by atoms with Gasteiger partial charge in [-0.15, -0.1) is 0 Å². The lowest BCUT2D eigenvalue weighted by atomic mass is 9.64. The first-order valence-electron chi connectivity index (χ1n) is 11.0. The zero-order valence-electron chi connectivity index (χ0n) is 18.1. The third-order valence-electron chi connectivity index (χ3n) is 6.40. The molecular formula is C22H27BN6OS. The quantitative estimate of drug-likeness (QED) is 0.619. The number of anilines is 3. The summed E-state index contributed by atoms with van der Waals surface area (Å²) in [6.45, 7) is 5.94. The Morgan fingerprint density at radius 1 is 1.23 bits per heavy atom. The third kappa shape index (κ3) is 4.04. The summed E-state index contributed by atoms with van der Waals surface area (Å²) >= 11 is 1.39. The molecule has 0 saturated carbocycles. The molecule has 7 nitrogen and oxygen atoms in total. The van der Waals surface area contributed by atoms with Crippen LogP contribution in [0.1, 0.15) is 28.2 Å². The highest BCUT2D eigenvalue weighted by Crippen LogP contribution is 2.39. The van der Waals surface area contributed by atoms with Crippen molar-refractivity contribution in [2.24, 2.45) is 5.92 Å². The van der Waals surface area contributed by atoms with Crippen molar-refractivity contribution in [1.82, 2.24) is 20.3 Å². The molecule has 1 fully saturated rings. The molecule has 160 valence electrons. The van der Waals surface area contributed by atoms with Gasteiger partial charge in [0.25, 0.3) is 0 Å². The van der Waals surface area contributed by atoms with Crippen molar-refractivity contribution in [2.45, 2.75) is 26.1 Å². The van der Waals surface area contributed by atoms with Gasteiger partial charge in [0, 0.05) is 20.1 Å². The van der Waals surface area contributed by atoms with Gasteiger partial charge in [-0.05, 0) is 56.5 Å². The first kappa shape index (κ1) is 20.4. The van der Waals surface area contributed by atoms with Crippen LogP contribution < -0.4 is 15.1 Å². The van der Waals surface area contributed by atoms with Crippen molar-refractivity contribution in [2.75, 3.05) is 43.0 Å². The van der Waals surface area contributed by atoms with Gasteiger partial charge < -0.3 is 19.9 Å². The average molecular weight is 434 g/mol. The molecule has 1 aromatic carbocycles. The van der Waals surface area contributed by atoms with Crippen molar-refractivity contribution in [3.63, 3.8) is 0 Å². The maximum Gasteiger partial charge on any atom is 0.215 e. The molecule has 1 N–H and O–H groups in total. The van der Waals surface area contributed by atoms with E-state index >= 15 is 0 Å². The number of thiazole rings is 1. The maximum absolute atomic E-state index is 12.9. The van der Waals surface area contributed by atoms with Gasteiger partial charge in [0.2, 0.25) is 7.28 Å². The fourth-order valence-corrected chi connectivity index (χ4v) is 5.42. The molecule has 0 amide bonds. The number of piperidine rings is 1. The second-order valence-electron chi connectivity index (χ2n) is 8.59. The number of aryl methyl sites for hydroxylation is 1. The zero-order chi connectivity index (χ0) is 21.4. The van der Waals surface area contributed by atoms with Crippen LogP contribution in [0.2, 0.25) is 6.32 Å². The highest BCUT2D eigenvalue weighted by atomic mass is 32.1. The van der Waals surface area contributed by atoms with E-state index in [0.717, 1.165) is 67.2 Å². The zero-order valence-corrected chi connectivity index (χ0v) is 18.9. The molecule has 3 aromatic rings. The van der Waals surface area contributed by atoms with Crippen LogP contribution in [0.5, 0.6) is 0 Å². The van der Waals surface area contributed by atoms with Gasteiger partial charge in [0.05, 0.1) is 11.4 Å². The number of nitrogens with zero attached hydrogens (tertiary/aromatic N) is 5. The number of nitrogens with one attached hydrogen (secondary N) is 1. The van der Waals surface area contributed by atoms with Gasteiger partial charge in [-0.1, -0.05) is 23.7 Å². The van der Waals surface area contributed by atoms with Crippen LogP contribution in [0, 0.1) is 12.8 Å². The Hall–Kier alpha value is -2.52. The standard InChI is InChI=1S/C22H27BN6OS/c1-14-3-4-16-17(11-14)28(2)9-10-29(16)20-18-21(26-13-25-20)31-22(27-18)19(30)23-12-15-5-7-24-8-6-15/h3-4,11,13,15,23-24H,5-10,12H2,1-2H3. The van der Waals surface area contributed by atoms with Gasteiger partial charge in [-0.2, -0.15) is 0 Å². The van der Waals surface area contributed by atoms with Gasteiger partial charge in [0.1, 0.15) is 22.4 Å². The summed E-state index contributed by atoms with van der Waals surface area (Å²) in [4.78, 5) is 31.9. The molecule has 0 atom stereocenters. The lowest BCUT2D eigenvalue weighted by molar-refractivity contribution is 0.107. The summed E-state index contributed by atoms with van der Waals surface area (Å²) in [7, 11) is 2.68. The average Bonchev–Trinajstić information content (AvgIpc) is 3.24. The predicted octanol–water partition coefficient (Wildman–Crippen LogP) is 2.98. The van der Waals surface area contributed by atoms with E-state index in [9.17, 15) is 4.79 Å². The lowest BCUT2D eigenvalue weighted by Gasteiger charge is -2.36. The van der Waals surface area contributed by atoms with Crippen molar-refractivity contribution in [1.29, 1.82) is 0 Å². The van der Waals surface area contributed by atoms with Crippen LogP contribution in [-0.4, -0.2) is 61.1 Å². The highest BCUT2D eigenvalue weighted by molar-refractivity contribution is 7.21. The number of hydrogen-bond acceptors (Lipinski definition) is 8. The fourth-order valence-electron chi connectivity index (χ4n) is 4.55. The lowest BCUT2D eigenvalue weighted by Crippen LogP contribution is -2.37. The molecule has 0 spiro atoms.